The molecule has 3 aliphatic rings. The predicted molar refractivity (Wildman–Crippen MR) is 141 cm³/mol. The van der Waals surface area contributed by atoms with Crippen LogP contribution in [0.15, 0.2) is 30.7 Å². The number of halogens is 1. The first-order valence-electron chi connectivity index (χ1n) is 13.0. The second-order valence-electron chi connectivity index (χ2n) is 11.4. The Morgan fingerprint density at radius 1 is 1.11 bits per heavy atom. The van der Waals surface area contributed by atoms with Crippen LogP contribution in [0.1, 0.15) is 39.2 Å². The molecule has 196 valence electrons. The molecule has 3 atom stereocenters. The highest BCUT2D eigenvalue weighted by Crippen LogP contribution is 2.38. The fourth-order valence-electron chi connectivity index (χ4n) is 5.47. The number of aliphatic hydroxyl groups is 1. The molecule has 3 saturated heterocycles. The van der Waals surface area contributed by atoms with Gasteiger partial charge in [-0.15, -0.1) is 0 Å². The topological polar surface area (TPSA) is 99.5 Å². The maximum Gasteiger partial charge on any atom is 0.227 e. The number of anilines is 4. The summed E-state index contributed by atoms with van der Waals surface area (Å²) in [6.07, 6.45) is 6.97. The van der Waals surface area contributed by atoms with E-state index in [-0.39, 0.29) is 12.0 Å². The summed E-state index contributed by atoms with van der Waals surface area (Å²) in [6, 6.07) is 4.32. The normalized spacial score (nSPS) is 27.1. The van der Waals surface area contributed by atoms with Crippen LogP contribution in [0.3, 0.4) is 0 Å². The minimum absolute atomic E-state index is 0.0440. The molecule has 0 aromatic carbocycles. The van der Waals surface area contributed by atoms with Gasteiger partial charge >= 0.3 is 0 Å². The van der Waals surface area contributed by atoms with Crippen LogP contribution in [0.2, 0.25) is 0 Å². The van der Waals surface area contributed by atoms with Gasteiger partial charge in [0.2, 0.25) is 5.95 Å². The van der Waals surface area contributed by atoms with Crippen molar-refractivity contribution in [3.63, 3.8) is 0 Å². The molecule has 0 bridgehead atoms. The Morgan fingerprint density at radius 2 is 1.95 bits per heavy atom. The maximum atomic E-state index is 14.7. The number of ether oxygens (including phenoxy) is 1. The van der Waals surface area contributed by atoms with Crippen molar-refractivity contribution in [2.75, 3.05) is 48.0 Å². The Kier molecular flexibility index (Phi) is 5.91. The SMILES string of the molecule is C[C@@H]1CCN1c1ncc(CC2(C)COC2)c2cc(Nc3ccnc(N4CC[C@@H](O)[C@@](C)(F)C4)n3)ncc12. The zero-order valence-electron chi connectivity index (χ0n) is 21.6. The lowest BCUT2D eigenvalue weighted by molar-refractivity contribution is -0.100. The van der Waals surface area contributed by atoms with E-state index in [0.29, 0.717) is 36.6 Å². The molecule has 0 aliphatic carbocycles. The number of aliphatic hydroxyl groups excluding tert-OH is 1. The first-order chi connectivity index (χ1) is 17.7. The molecule has 3 aromatic rings. The minimum Gasteiger partial charge on any atom is -0.390 e. The molecule has 37 heavy (non-hydrogen) atoms. The Labute approximate surface area is 216 Å². The summed E-state index contributed by atoms with van der Waals surface area (Å²) in [5, 5.41) is 15.5. The molecular formula is C27H34FN7O2. The number of nitrogens with one attached hydrogen (secondary N) is 1. The van der Waals surface area contributed by atoms with Crippen molar-refractivity contribution >= 4 is 34.2 Å². The van der Waals surface area contributed by atoms with Crippen molar-refractivity contribution in [1.29, 1.82) is 0 Å². The zero-order valence-corrected chi connectivity index (χ0v) is 21.6. The third kappa shape index (κ3) is 4.57. The highest BCUT2D eigenvalue weighted by atomic mass is 19.1. The number of nitrogens with zero attached hydrogens (tertiary/aromatic N) is 6. The lowest BCUT2D eigenvalue weighted by Crippen LogP contribution is -2.52. The van der Waals surface area contributed by atoms with Crippen molar-refractivity contribution in [3.8, 4) is 0 Å². The molecule has 9 nitrogen and oxygen atoms in total. The van der Waals surface area contributed by atoms with E-state index in [1.54, 1.807) is 17.2 Å². The number of pyridine rings is 2. The number of piperidine rings is 1. The van der Waals surface area contributed by atoms with Gasteiger partial charge in [-0.05, 0) is 56.2 Å². The van der Waals surface area contributed by atoms with Gasteiger partial charge in [-0.1, -0.05) is 6.92 Å². The Balaban J connectivity index is 1.30. The van der Waals surface area contributed by atoms with Crippen molar-refractivity contribution in [3.05, 3.63) is 36.3 Å². The predicted octanol–water partition coefficient (Wildman–Crippen LogP) is 3.64. The summed E-state index contributed by atoms with van der Waals surface area (Å²) in [5.41, 5.74) is -0.407. The Bertz CT molecular complexity index is 1320. The fraction of sp³-hybridized carbons (Fsp3) is 0.556. The molecule has 3 aromatic heterocycles. The van der Waals surface area contributed by atoms with Gasteiger partial charge in [0.05, 0.1) is 25.9 Å². The van der Waals surface area contributed by atoms with E-state index < -0.39 is 11.8 Å². The van der Waals surface area contributed by atoms with Gasteiger partial charge in [-0.2, -0.15) is 4.98 Å². The standard InChI is InChI=1S/C27H34FN7O2/c1-17-5-9-35(17)24-20-13-30-23(10-19(20)18(12-31-24)11-26(2)15-37-16-26)32-22-4-7-29-25(33-22)34-8-6-21(36)27(3,28)14-34/h4,7,10,12-13,17,21,36H,5-6,8-9,11,14-16H2,1-3H3,(H,29,30,32,33)/t17-,21-,27+/m1/s1. The number of rotatable bonds is 6. The number of hydrogen-bond donors (Lipinski definition) is 2. The smallest absolute Gasteiger partial charge is 0.227 e. The van der Waals surface area contributed by atoms with Crippen molar-refractivity contribution in [1.82, 2.24) is 19.9 Å². The lowest BCUT2D eigenvalue weighted by Gasteiger charge is -2.41. The van der Waals surface area contributed by atoms with Gasteiger partial charge in [0.15, 0.2) is 5.67 Å². The molecule has 3 fully saturated rings. The molecule has 2 N–H and O–H groups in total. The van der Waals surface area contributed by atoms with E-state index in [1.807, 2.05) is 12.4 Å². The average molecular weight is 508 g/mol. The summed E-state index contributed by atoms with van der Waals surface area (Å²) in [6.45, 7) is 8.94. The summed E-state index contributed by atoms with van der Waals surface area (Å²) in [4.78, 5) is 22.7. The number of alkyl halides is 1. The molecule has 6 heterocycles. The summed E-state index contributed by atoms with van der Waals surface area (Å²) >= 11 is 0. The first kappa shape index (κ1) is 24.2. The molecular weight excluding hydrogens is 473 g/mol. The van der Waals surface area contributed by atoms with Crippen LogP contribution >= 0.6 is 0 Å². The molecule has 0 saturated carbocycles. The molecule has 10 heteroatoms. The van der Waals surface area contributed by atoms with Gasteiger partial charge < -0.3 is 25.0 Å². The lowest BCUT2D eigenvalue weighted by atomic mass is 9.81. The average Bonchev–Trinajstić information content (AvgIpc) is 2.85. The Hall–Kier alpha value is -3.11. The first-order valence-corrected chi connectivity index (χ1v) is 13.0. The van der Waals surface area contributed by atoms with E-state index in [9.17, 15) is 9.50 Å². The van der Waals surface area contributed by atoms with Gasteiger partial charge in [0, 0.05) is 48.5 Å². The van der Waals surface area contributed by atoms with E-state index >= 15 is 0 Å². The number of hydrogen-bond acceptors (Lipinski definition) is 9. The number of fused-ring (bicyclic) bond motifs is 1. The van der Waals surface area contributed by atoms with E-state index in [4.69, 9.17) is 14.7 Å². The summed E-state index contributed by atoms with van der Waals surface area (Å²) in [7, 11) is 0. The van der Waals surface area contributed by atoms with Crippen LogP contribution in [0.25, 0.3) is 10.8 Å². The van der Waals surface area contributed by atoms with E-state index in [2.05, 4.69) is 40.1 Å². The van der Waals surface area contributed by atoms with Crippen molar-refractivity contribution < 1.29 is 14.2 Å². The van der Waals surface area contributed by atoms with Crippen LogP contribution in [0.5, 0.6) is 0 Å². The maximum absolute atomic E-state index is 14.7. The summed E-state index contributed by atoms with van der Waals surface area (Å²) < 4.78 is 20.2. The monoisotopic (exact) mass is 507 g/mol. The third-order valence-corrected chi connectivity index (χ3v) is 7.99. The minimum atomic E-state index is -1.71. The summed E-state index contributed by atoms with van der Waals surface area (Å²) in [5.74, 6) is 2.66. The van der Waals surface area contributed by atoms with Crippen LogP contribution in [-0.2, 0) is 11.2 Å². The van der Waals surface area contributed by atoms with Crippen LogP contribution in [0.4, 0.5) is 27.8 Å². The highest BCUT2D eigenvalue weighted by molar-refractivity contribution is 5.95. The molecule has 0 amide bonds. The molecule has 0 spiro atoms. The van der Waals surface area contributed by atoms with Gasteiger partial charge in [-0.3, -0.25) is 0 Å². The van der Waals surface area contributed by atoms with Gasteiger partial charge in [0.1, 0.15) is 17.5 Å². The van der Waals surface area contributed by atoms with Crippen molar-refractivity contribution in [2.24, 2.45) is 5.41 Å². The van der Waals surface area contributed by atoms with Gasteiger partial charge in [-0.25, -0.2) is 19.3 Å². The third-order valence-electron chi connectivity index (χ3n) is 7.99. The van der Waals surface area contributed by atoms with Crippen LogP contribution < -0.4 is 15.1 Å². The quantitative estimate of drug-likeness (QED) is 0.518. The largest absolute Gasteiger partial charge is 0.390 e. The van der Waals surface area contributed by atoms with E-state index in [0.717, 1.165) is 42.8 Å². The highest BCUT2D eigenvalue weighted by Gasteiger charge is 2.40. The second kappa shape index (κ2) is 9.02. The molecule has 0 radical (unpaired) electrons. The Morgan fingerprint density at radius 3 is 2.62 bits per heavy atom. The van der Waals surface area contributed by atoms with Crippen molar-refractivity contribution in [2.45, 2.75) is 57.8 Å². The zero-order chi connectivity index (χ0) is 25.8. The van der Waals surface area contributed by atoms with Crippen LogP contribution in [-0.4, -0.2) is 75.7 Å². The molecule has 3 aliphatic heterocycles. The van der Waals surface area contributed by atoms with E-state index in [1.165, 1.54) is 18.9 Å². The van der Waals surface area contributed by atoms with Gasteiger partial charge in [0.25, 0.3) is 0 Å². The fourth-order valence-corrected chi connectivity index (χ4v) is 5.47. The molecule has 0 unspecified atom stereocenters. The second-order valence-corrected chi connectivity index (χ2v) is 11.4. The van der Waals surface area contributed by atoms with Crippen LogP contribution in [0, 0.1) is 5.41 Å². The number of aromatic nitrogens is 4. The molecule has 6 rings (SSSR count).